The third kappa shape index (κ3) is 4.53. The lowest BCUT2D eigenvalue weighted by molar-refractivity contribution is -0.144. The fourth-order valence-corrected chi connectivity index (χ4v) is 2.60. The normalized spacial score (nSPS) is 13.0. The number of hydrogen-bond donors (Lipinski definition) is 2. The number of carbonyl (C=O) groups excluding carboxylic acids is 3. The van der Waals surface area contributed by atoms with Crippen molar-refractivity contribution in [1.82, 2.24) is 10.3 Å². The second-order valence-electron chi connectivity index (χ2n) is 5.72. The Bertz CT molecular complexity index is 785. The van der Waals surface area contributed by atoms with Crippen LogP contribution < -0.4 is 11.1 Å². The molecule has 7 heteroatoms. The number of aromatic nitrogens is 1. The highest BCUT2D eigenvalue weighted by atomic mass is 16.5. The van der Waals surface area contributed by atoms with E-state index < -0.39 is 29.7 Å². The molecule has 2 atom stereocenters. The maximum atomic E-state index is 12.6. The Balaban J connectivity index is 2.20. The van der Waals surface area contributed by atoms with Crippen molar-refractivity contribution in [1.29, 1.82) is 0 Å². The highest BCUT2D eigenvalue weighted by molar-refractivity contribution is 6.06. The lowest BCUT2D eigenvalue weighted by Gasteiger charge is -2.22. The molecule has 2 aromatic rings. The number of hydrogen-bond acceptors (Lipinski definition) is 5. The van der Waals surface area contributed by atoms with Crippen molar-refractivity contribution in [2.45, 2.75) is 26.3 Å². The maximum Gasteiger partial charge on any atom is 0.306 e. The summed E-state index contributed by atoms with van der Waals surface area (Å²) in [6, 6.07) is 7.83. The van der Waals surface area contributed by atoms with Crippen LogP contribution in [0.1, 0.15) is 30.6 Å². The second kappa shape index (κ2) is 8.23. The molecule has 2 amide bonds. The smallest absolute Gasteiger partial charge is 0.306 e. The molecular formula is C18H21N3O4. The van der Waals surface area contributed by atoms with Gasteiger partial charge in [0.15, 0.2) is 0 Å². The molecule has 0 saturated heterocycles. The minimum atomic E-state index is -0.990. The number of nitrogens with two attached hydrogens (primary N) is 1. The molecule has 2 rings (SSSR count). The molecule has 1 aromatic heterocycles. The lowest BCUT2D eigenvalue weighted by Crippen LogP contribution is -2.49. The minimum absolute atomic E-state index is 0.0183. The van der Waals surface area contributed by atoms with Crippen molar-refractivity contribution < 1.29 is 19.1 Å². The number of nitrogens with zero attached hydrogens (tertiary/aromatic N) is 1. The van der Waals surface area contributed by atoms with E-state index in [2.05, 4.69) is 10.3 Å². The van der Waals surface area contributed by atoms with Gasteiger partial charge in [0.1, 0.15) is 6.04 Å². The van der Waals surface area contributed by atoms with Gasteiger partial charge in [0.25, 0.3) is 5.91 Å². The molecule has 3 N–H and O–H groups in total. The van der Waals surface area contributed by atoms with Gasteiger partial charge in [-0.15, -0.1) is 0 Å². The lowest BCUT2D eigenvalue weighted by atomic mass is 9.97. The van der Waals surface area contributed by atoms with Crippen molar-refractivity contribution in [3.63, 3.8) is 0 Å². The molecular weight excluding hydrogens is 322 g/mol. The van der Waals surface area contributed by atoms with Crippen LogP contribution in [0.3, 0.4) is 0 Å². The average molecular weight is 343 g/mol. The maximum absolute atomic E-state index is 12.6. The van der Waals surface area contributed by atoms with Gasteiger partial charge in [-0.05, 0) is 25.0 Å². The average Bonchev–Trinajstić information content (AvgIpc) is 2.58. The zero-order valence-corrected chi connectivity index (χ0v) is 14.2. The van der Waals surface area contributed by atoms with Crippen LogP contribution in [0.5, 0.6) is 0 Å². The van der Waals surface area contributed by atoms with Gasteiger partial charge in [-0.1, -0.05) is 25.1 Å². The summed E-state index contributed by atoms with van der Waals surface area (Å²) in [5.41, 5.74) is 6.28. The van der Waals surface area contributed by atoms with Crippen LogP contribution in [0, 0.1) is 5.92 Å². The van der Waals surface area contributed by atoms with E-state index in [1.165, 1.54) is 0 Å². The second-order valence-corrected chi connectivity index (χ2v) is 5.72. The number of carbonyl (C=O) groups is 3. The number of primary amides is 1. The predicted octanol–water partition coefficient (Wildman–Crippen LogP) is 1.41. The molecule has 0 spiro atoms. The Morgan fingerprint density at radius 1 is 1.24 bits per heavy atom. The number of fused-ring (bicyclic) bond motifs is 1. The number of ether oxygens (including phenoxy) is 1. The summed E-state index contributed by atoms with van der Waals surface area (Å²) in [5, 5.41) is 3.42. The van der Waals surface area contributed by atoms with Gasteiger partial charge in [-0.2, -0.15) is 0 Å². The van der Waals surface area contributed by atoms with Gasteiger partial charge in [-0.3, -0.25) is 19.4 Å². The van der Waals surface area contributed by atoms with Crippen LogP contribution in [-0.4, -0.2) is 35.4 Å². The van der Waals surface area contributed by atoms with E-state index in [1.807, 2.05) is 12.1 Å². The Hall–Kier alpha value is -2.96. The Labute approximate surface area is 145 Å². The molecule has 132 valence electrons. The minimum Gasteiger partial charge on any atom is -0.466 e. The third-order valence-electron chi connectivity index (χ3n) is 3.83. The van der Waals surface area contributed by atoms with E-state index in [0.717, 1.165) is 5.39 Å². The van der Waals surface area contributed by atoms with E-state index in [9.17, 15) is 14.4 Å². The number of benzene rings is 1. The molecule has 1 heterocycles. The highest BCUT2D eigenvalue weighted by Gasteiger charge is 2.28. The van der Waals surface area contributed by atoms with Crippen molar-refractivity contribution in [2.75, 3.05) is 6.61 Å². The first-order valence-corrected chi connectivity index (χ1v) is 8.03. The Morgan fingerprint density at radius 2 is 1.96 bits per heavy atom. The summed E-state index contributed by atoms with van der Waals surface area (Å²) in [5.74, 6) is -2.12. The van der Waals surface area contributed by atoms with Crippen LogP contribution in [-0.2, 0) is 14.3 Å². The van der Waals surface area contributed by atoms with Crippen LogP contribution >= 0.6 is 0 Å². The SMILES string of the molecule is CCOC(=O)C[C@@H](C)[C@H](NC(=O)c1cccc2cccnc12)C(N)=O. The summed E-state index contributed by atoms with van der Waals surface area (Å²) in [7, 11) is 0. The number of pyridine rings is 1. The first-order chi connectivity index (χ1) is 11.9. The highest BCUT2D eigenvalue weighted by Crippen LogP contribution is 2.17. The van der Waals surface area contributed by atoms with Crippen LogP contribution in [0.2, 0.25) is 0 Å². The molecule has 0 bridgehead atoms. The largest absolute Gasteiger partial charge is 0.466 e. The first-order valence-electron chi connectivity index (χ1n) is 8.03. The van der Waals surface area contributed by atoms with Gasteiger partial charge in [0.05, 0.1) is 24.1 Å². The summed E-state index contributed by atoms with van der Waals surface area (Å²) in [6.07, 6.45) is 1.57. The zero-order chi connectivity index (χ0) is 18.4. The standard InChI is InChI=1S/C18H21N3O4/c1-3-25-14(22)10-11(2)15(17(19)23)21-18(24)13-8-4-6-12-7-5-9-20-16(12)13/h4-9,11,15H,3,10H2,1-2H3,(H2,19,23)(H,21,24)/t11-,15+/m1/s1. The van der Waals surface area contributed by atoms with Gasteiger partial charge < -0.3 is 15.8 Å². The van der Waals surface area contributed by atoms with Crippen molar-refractivity contribution in [3.8, 4) is 0 Å². The van der Waals surface area contributed by atoms with Crippen molar-refractivity contribution in [3.05, 3.63) is 42.1 Å². The quantitative estimate of drug-likeness (QED) is 0.738. The molecule has 0 saturated carbocycles. The number of para-hydroxylation sites is 1. The van der Waals surface area contributed by atoms with Crippen LogP contribution in [0.25, 0.3) is 10.9 Å². The van der Waals surface area contributed by atoms with Gasteiger partial charge in [0, 0.05) is 11.6 Å². The van der Waals surface area contributed by atoms with E-state index in [0.29, 0.717) is 11.1 Å². The summed E-state index contributed by atoms with van der Waals surface area (Å²) in [4.78, 5) is 40.2. The summed E-state index contributed by atoms with van der Waals surface area (Å²) >= 11 is 0. The Morgan fingerprint density at radius 3 is 2.64 bits per heavy atom. The Kier molecular flexibility index (Phi) is 6.05. The molecule has 0 aliphatic rings. The molecule has 25 heavy (non-hydrogen) atoms. The number of esters is 1. The monoisotopic (exact) mass is 343 g/mol. The topological polar surface area (TPSA) is 111 Å². The van der Waals surface area contributed by atoms with E-state index in [4.69, 9.17) is 10.5 Å². The first kappa shape index (κ1) is 18.4. The van der Waals surface area contributed by atoms with Gasteiger partial charge in [0.2, 0.25) is 5.91 Å². The fraction of sp³-hybridized carbons (Fsp3) is 0.333. The van der Waals surface area contributed by atoms with Crippen LogP contribution in [0.4, 0.5) is 0 Å². The number of nitrogens with one attached hydrogen (secondary N) is 1. The number of rotatable bonds is 7. The van der Waals surface area contributed by atoms with Crippen molar-refractivity contribution in [2.24, 2.45) is 11.7 Å². The van der Waals surface area contributed by atoms with Crippen LogP contribution in [0.15, 0.2) is 36.5 Å². The van der Waals surface area contributed by atoms with E-state index in [-0.39, 0.29) is 13.0 Å². The number of amides is 2. The fourth-order valence-electron chi connectivity index (χ4n) is 2.60. The summed E-state index contributed by atoms with van der Waals surface area (Å²) in [6.45, 7) is 3.61. The van der Waals surface area contributed by atoms with E-state index in [1.54, 1.807) is 38.2 Å². The van der Waals surface area contributed by atoms with E-state index >= 15 is 0 Å². The zero-order valence-electron chi connectivity index (χ0n) is 14.2. The van der Waals surface area contributed by atoms with Crippen molar-refractivity contribution >= 4 is 28.7 Å². The predicted molar refractivity (Wildman–Crippen MR) is 92.6 cm³/mol. The molecule has 7 nitrogen and oxygen atoms in total. The third-order valence-corrected chi connectivity index (χ3v) is 3.83. The molecule has 0 fully saturated rings. The molecule has 0 unspecified atom stereocenters. The molecule has 0 aliphatic heterocycles. The molecule has 0 radical (unpaired) electrons. The van der Waals surface area contributed by atoms with Gasteiger partial charge >= 0.3 is 5.97 Å². The molecule has 1 aromatic carbocycles. The van der Waals surface area contributed by atoms with Gasteiger partial charge in [-0.25, -0.2) is 0 Å². The molecule has 0 aliphatic carbocycles. The summed E-state index contributed by atoms with van der Waals surface area (Å²) < 4.78 is 4.88.